The first-order valence-electron chi connectivity index (χ1n) is 4.88. The van der Waals surface area contributed by atoms with Crippen LogP contribution in [0.5, 0.6) is 0 Å². The molecule has 0 fully saturated rings. The van der Waals surface area contributed by atoms with Crippen molar-refractivity contribution in [2.75, 3.05) is 5.32 Å². The van der Waals surface area contributed by atoms with E-state index >= 15 is 0 Å². The molecule has 2 aromatic rings. The topological polar surface area (TPSA) is 59.8 Å². The van der Waals surface area contributed by atoms with Gasteiger partial charge in [0.25, 0.3) is 5.91 Å². The number of aromatic nitrogens is 3. The predicted octanol–water partition coefficient (Wildman–Crippen LogP) is 1.38. The minimum absolute atomic E-state index is 0.260. The Morgan fingerprint density at radius 2 is 2.19 bits per heavy atom. The average molecular weight is 216 g/mol. The molecular weight excluding hydrogens is 204 g/mol. The van der Waals surface area contributed by atoms with Gasteiger partial charge in [0.15, 0.2) is 5.82 Å². The lowest BCUT2D eigenvalue weighted by molar-refractivity contribution is 0.101. The molecule has 2 heterocycles. The number of carbonyl (C=O) groups excluding carboxylic acids is 1. The van der Waals surface area contributed by atoms with E-state index < -0.39 is 0 Å². The molecule has 0 bridgehead atoms. The van der Waals surface area contributed by atoms with Crippen molar-refractivity contribution < 1.29 is 4.79 Å². The van der Waals surface area contributed by atoms with Crippen LogP contribution >= 0.6 is 0 Å². The summed E-state index contributed by atoms with van der Waals surface area (Å²) in [6.45, 7) is 1.94. The smallest absolute Gasteiger partial charge is 0.292 e. The van der Waals surface area contributed by atoms with E-state index in [-0.39, 0.29) is 5.91 Å². The predicted molar refractivity (Wildman–Crippen MR) is 60.1 cm³/mol. The number of pyridine rings is 1. The third kappa shape index (κ3) is 2.08. The van der Waals surface area contributed by atoms with Gasteiger partial charge in [0.2, 0.25) is 0 Å². The Balaban J connectivity index is 2.14. The Kier molecular flexibility index (Phi) is 2.68. The largest absolute Gasteiger partial charge is 0.330 e. The highest BCUT2D eigenvalue weighted by molar-refractivity contribution is 6.01. The molecule has 1 amide bonds. The maximum Gasteiger partial charge on any atom is 0.292 e. The fraction of sp³-hybridized carbons (Fsp3) is 0.182. The molecule has 0 atom stereocenters. The van der Waals surface area contributed by atoms with Crippen molar-refractivity contribution in [1.82, 2.24) is 14.5 Å². The monoisotopic (exact) mass is 216 g/mol. The Hall–Kier alpha value is -2.17. The van der Waals surface area contributed by atoms with E-state index in [1.807, 2.05) is 13.0 Å². The van der Waals surface area contributed by atoms with Gasteiger partial charge in [-0.1, -0.05) is 6.07 Å². The summed E-state index contributed by atoms with van der Waals surface area (Å²) in [7, 11) is 1.77. The van der Waals surface area contributed by atoms with Crippen molar-refractivity contribution >= 4 is 11.7 Å². The molecule has 2 rings (SSSR count). The van der Waals surface area contributed by atoms with Crippen LogP contribution in [0, 0.1) is 6.92 Å². The molecule has 5 nitrogen and oxygen atoms in total. The van der Waals surface area contributed by atoms with Crippen LogP contribution in [0.15, 0.2) is 30.7 Å². The van der Waals surface area contributed by atoms with E-state index in [2.05, 4.69) is 15.3 Å². The van der Waals surface area contributed by atoms with Crippen LogP contribution in [-0.2, 0) is 7.05 Å². The van der Waals surface area contributed by atoms with Gasteiger partial charge < -0.3 is 9.88 Å². The van der Waals surface area contributed by atoms with Gasteiger partial charge in [0.05, 0.1) is 0 Å². The highest BCUT2D eigenvalue weighted by atomic mass is 16.2. The van der Waals surface area contributed by atoms with E-state index in [1.54, 1.807) is 36.3 Å². The quantitative estimate of drug-likeness (QED) is 0.824. The second-order valence-corrected chi connectivity index (χ2v) is 3.54. The first-order chi connectivity index (χ1) is 7.66. The number of hydrogen-bond acceptors (Lipinski definition) is 3. The molecule has 0 aliphatic heterocycles. The van der Waals surface area contributed by atoms with Gasteiger partial charge in [-0.15, -0.1) is 0 Å². The fourth-order valence-corrected chi connectivity index (χ4v) is 1.30. The van der Waals surface area contributed by atoms with Gasteiger partial charge in [0, 0.05) is 25.6 Å². The van der Waals surface area contributed by atoms with Crippen molar-refractivity contribution in [3.05, 3.63) is 42.1 Å². The lowest BCUT2D eigenvalue weighted by Crippen LogP contribution is -2.17. The maximum atomic E-state index is 11.7. The summed E-state index contributed by atoms with van der Waals surface area (Å²) in [6.07, 6.45) is 5.00. The first kappa shape index (κ1) is 10.4. The minimum atomic E-state index is -0.260. The number of nitrogens with one attached hydrogen (secondary N) is 1. The van der Waals surface area contributed by atoms with Crippen molar-refractivity contribution in [2.24, 2.45) is 7.05 Å². The molecule has 82 valence electrons. The second-order valence-electron chi connectivity index (χ2n) is 3.54. The Morgan fingerprint density at radius 3 is 2.75 bits per heavy atom. The number of carbonyl (C=O) groups is 1. The van der Waals surface area contributed by atoms with Gasteiger partial charge >= 0.3 is 0 Å². The summed E-state index contributed by atoms with van der Waals surface area (Å²) in [6, 6.07) is 3.65. The third-order valence-corrected chi connectivity index (χ3v) is 2.18. The van der Waals surface area contributed by atoms with Crippen molar-refractivity contribution in [3.8, 4) is 0 Å². The van der Waals surface area contributed by atoms with Gasteiger partial charge in [-0.05, 0) is 18.6 Å². The Bertz CT molecular complexity index is 501. The summed E-state index contributed by atoms with van der Waals surface area (Å²) < 4.78 is 1.66. The number of nitrogens with zero attached hydrogens (tertiary/aromatic N) is 3. The lowest BCUT2D eigenvalue weighted by atomic mass is 10.3. The first-order valence-corrected chi connectivity index (χ1v) is 4.88. The van der Waals surface area contributed by atoms with Crippen LogP contribution in [0.1, 0.15) is 16.2 Å². The van der Waals surface area contributed by atoms with Crippen molar-refractivity contribution in [1.29, 1.82) is 0 Å². The summed E-state index contributed by atoms with van der Waals surface area (Å²) in [5, 5.41) is 2.68. The average Bonchev–Trinajstić information content (AvgIpc) is 2.68. The zero-order valence-electron chi connectivity index (χ0n) is 9.14. The van der Waals surface area contributed by atoms with Crippen LogP contribution in [0.4, 0.5) is 5.82 Å². The van der Waals surface area contributed by atoms with Gasteiger partial charge in [0.1, 0.15) is 5.82 Å². The van der Waals surface area contributed by atoms with Crippen LogP contribution in [0.25, 0.3) is 0 Å². The van der Waals surface area contributed by atoms with Gasteiger partial charge in [-0.25, -0.2) is 9.97 Å². The highest BCUT2D eigenvalue weighted by Crippen LogP contribution is 2.05. The summed E-state index contributed by atoms with van der Waals surface area (Å²) in [5.74, 6) is 0.629. The number of aryl methyl sites for hydroxylation is 2. The molecule has 0 spiro atoms. The zero-order valence-corrected chi connectivity index (χ0v) is 9.14. The van der Waals surface area contributed by atoms with Crippen molar-refractivity contribution in [2.45, 2.75) is 6.92 Å². The summed E-state index contributed by atoms with van der Waals surface area (Å²) in [4.78, 5) is 19.8. The Morgan fingerprint density at radius 1 is 1.38 bits per heavy atom. The van der Waals surface area contributed by atoms with Crippen molar-refractivity contribution in [3.63, 3.8) is 0 Å². The number of anilines is 1. The molecule has 0 radical (unpaired) electrons. The molecule has 2 aromatic heterocycles. The van der Waals surface area contributed by atoms with Crippen LogP contribution in [0.2, 0.25) is 0 Å². The number of amides is 1. The van der Waals surface area contributed by atoms with E-state index in [1.165, 1.54) is 0 Å². The molecule has 5 heteroatoms. The van der Waals surface area contributed by atoms with Crippen LogP contribution in [0.3, 0.4) is 0 Å². The van der Waals surface area contributed by atoms with Gasteiger partial charge in [-0.2, -0.15) is 0 Å². The van der Waals surface area contributed by atoms with E-state index in [0.29, 0.717) is 11.6 Å². The Labute approximate surface area is 93.2 Å². The molecule has 0 aliphatic carbocycles. The number of hydrogen-bond donors (Lipinski definition) is 1. The number of imidazole rings is 1. The van der Waals surface area contributed by atoms with E-state index in [0.717, 1.165) is 5.56 Å². The van der Waals surface area contributed by atoms with Crippen LogP contribution in [-0.4, -0.2) is 20.4 Å². The normalized spacial score (nSPS) is 10.1. The maximum absolute atomic E-state index is 11.7. The third-order valence-electron chi connectivity index (χ3n) is 2.18. The lowest BCUT2D eigenvalue weighted by Gasteiger charge is -2.04. The summed E-state index contributed by atoms with van der Waals surface area (Å²) in [5.41, 5.74) is 1.05. The standard InChI is InChI=1S/C11H12N4O/c1-8-3-4-9(13-7-8)14-11(16)10-12-5-6-15(10)2/h3-7H,1-2H3,(H,13,14,16). The molecule has 0 aromatic carbocycles. The molecule has 0 unspecified atom stereocenters. The molecule has 0 saturated carbocycles. The summed E-state index contributed by atoms with van der Waals surface area (Å²) >= 11 is 0. The highest BCUT2D eigenvalue weighted by Gasteiger charge is 2.10. The number of rotatable bonds is 2. The molecule has 0 aliphatic rings. The second kappa shape index (κ2) is 4.14. The van der Waals surface area contributed by atoms with Crippen LogP contribution < -0.4 is 5.32 Å². The van der Waals surface area contributed by atoms with E-state index in [9.17, 15) is 4.79 Å². The SMILES string of the molecule is Cc1ccc(NC(=O)c2nccn2C)nc1. The minimum Gasteiger partial charge on any atom is -0.330 e. The fourth-order valence-electron chi connectivity index (χ4n) is 1.30. The van der Waals surface area contributed by atoms with E-state index in [4.69, 9.17) is 0 Å². The molecular formula is C11H12N4O. The molecule has 16 heavy (non-hydrogen) atoms. The molecule has 0 saturated heterocycles. The molecule has 1 N–H and O–H groups in total. The van der Waals surface area contributed by atoms with Gasteiger partial charge in [-0.3, -0.25) is 4.79 Å². The zero-order chi connectivity index (χ0) is 11.5.